The number of ether oxygens (including phenoxy) is 1. The van der Waals surface area contributed by atoms with Gasteiger partial charge in [-0.1, -0.05) is 127 Å². The minimum absolute atomic E-state index is 0.267. The first kappa shape index (κ1) is 28.9. The van der Waals surface area contributed by atoms with Crippen molar-refractivity contribution in [3.63, 3.8) is 0 Å². The summed E-state index contributed by atoms with van der Waals surface area (Å²) in [6.45, 7) is 5.12. The molecule has 0 bridgehead atoms. The van der Waals surface area contributed by atoms with Crippen molar-refractivity contribution in [3.05, 3.63) is 77.9 Å². The van der Waals surface area contributed by atoms with E-state index >= 15 is 8.78 Å². The third-order valence-corrected chi connectivity index (χ3v) is 7.10. The van der Waals surface area contributed by atoms with Gasteiger partial charge in [0, 0.05) is 11.1 Å². The van der Waals surface area contributed by atoms with E-state index in [0.29, 0.717) is 23.3 Å². The summed E-state index contributed by atoms with van der Waals surface area (Å²) < 4.78 is 36.0. The third-order valence-electron chi connectivity index (χ3n) is 7.10. The normalized spacial score (nSPS) is 11.1. The topological polar surface area (TPSA) is 9.23 Å². The van der Waals surface area contributed by atoms with Crippen LogP contribution in [-0.4, -0.2) is 6.61 Å². The van der Waals surface area contributed by atoms with Crippen LogP contribution in [0.15, 0.2) is 60.7 Å². The van der Waals surface area contributed by atoms with Crippen LogP contribution in [0.5, 0.6) is 5.75 Å². The molecule has 0 aliphatic heterocycles. The van der Waals surface area contributed by atoms with Crippen LogP contribution in [0.1, 0.15) is 96.5 Å². The second kappa shape index (κ2) is 16.2. The van der Waals surface area contributed by atoms with Crippen LogP contribution in [0.25, 0.3) is 22.3 Å². The van der Waals surface area contributed by atoms with Gasteiger partial charge in [0.05, 0.1) is 6.61 Å². The fourth-order valence-corrected chi connectivity index (χ4v) is 4.76. The number of halogens is 2. The highest BCUT2D eigenvalue weighted by Crippen LogP contribution is 2.32. The summed E-state index contributed by atoms with van der Waals surface area (Å²) in [6, 6.07) is 18.5. The number of rotatable bonds is 17. The summed E-state index contributed by atoms with van der Waals surface area (Å²) in [5.41, 5.74) is 3.16. The zero-order valence-corrected chi connectivity index (χ0v) is 22.8. The van der Waals surface area contributed by atoms with Gasteiger partial charge in [0.2, 0.25) is 0 Å². The summed E-state index contributed by atoms with van der Waals surface area (Å²) in [5, 5.41) is 0. The van der Waals surface area contributed by atoms with Gasteiger partial charge in [0.25, 0.3) is 0 Å². The maximum Gasteiger partial charge on any atom is 0.167 e. The Morgan fingerprint density at radius 3 is 1.51 bits per heavy atom. The highest BCUT2D eigenvalue weighted by molar-refractivity contribution is 5.72. The molecule has 3 heteroatoms. The van der Waals surface area contributed by atoms with Gasteiger partial charge < -0.3 is 4.74 Å². The Labute approximate surface area is 223 Å². The highest BCUT2D eigenvalue weighted by Gasteiger charge is 2.16. The first-order valence-corrected chi connectivity index (χ1v) is 14.4. The SMILES string of the molecule is CCCCCCCCCc1ccc(-c2ccc(-c3ccc(OCCCCCCC)cc3)c(F)c2F)cc1. The van der Waals surface area contributed by atoms with Crippen molar-refractivity contribution in [2.45, 2.75) is 97.3 Å². The van der Waals surface area contributed by atoms with Crippen molar-refractivity contribution in [1.29, 1.82) is 0 Å². The van der Waals surface area contributed by atoms with Crippen molar-refractivity contribution >= 4 is 0 Å². The van der Waals surface area contributed by atoms with Gasteiger partial charge in [-0.3, -0.25) is 0 Å². The first-order chi connectivity index (χ1) is 18.1. The fourth-order valence-electron chi connectivity index (χ4n) is 4.76. The molecule has 1 nitrogen and oxygen atoms in total. The van der Waals surface area contributed by atoms with Gasteiger partial charge in [-0.15, -0.1) is 0 Å². The molecule has 0 aromatic heterocycles. The molecular formula is C34H44F2O. The van der Waals surface area contributed by atoms with Crippen LogP contribution in [0.2, 0.25) is 0 Å². The summed E-state index contributed by atoms with van der Waals surface area (Å²) in [7, 11) is 0. The molecule has 0 saturated carbocycles. The Kier molecular flexibility index (Phi) is 12.7. The molecular weight excluding hydrogens is 462 g/mol. The van der Waals surface area contributed by atoms with Crippen molar-refractivity contribution < 1.29 is 13.5 Å². The maximum atomic E-state index is 15.1. The first-order valence-electron chi connectivity index (χ1n) is 14.4. The molecule has 3 aromatic carbocycles. The molecule has 0 saturated heterocycles. The monoisotopic (exact) mass is 506 g/mol. The van der Waals surface area contributed by atoms with Gasteiger partial charge in [-0.05, 0) is 48.1 Å². The number of hydrogen-bond donors (Lipinski definition) is 0. The molecule has 0 fully saturated rings. The number of hydrogen-bond acceptors (Lipinski definition) is 1. The average molecular weight is 507 g/mol. The van der Waals surface area contributed by atoms with Crippen LogP contribution >= 0.6 is 0 Å². The van der Waals surface area contributed by atoms with Crippen LogP contribution < -0.4 is 4.74 Å². The van der Waals surface area contributed by atoms with E-state index in [9.17, 15) is 0 Å². The van der Waals surface area contributed by atoms with Crippen molar-refractivity contribution in [2.75, 3.05) is 6.61 Å². The largest absolute Gasteiger partial charge is 0.494 e. The van der Waals surface area contributed by atoms with Gasteiger partial charge in [-0.25, -0.2) is 8.78 Å². The summed E-state index contributed by atoms with van der Waals surface area (Å²) in [5.74, 6) is -0.854. The van der Waals surface area contributed by atoms with Crippen LogP contribution in [0.4, 0.5) is 8.78 Å². The Hall–Kier alpha value is -2.68. The molecule has 0 unspecified atom stereocenters. The number of unbranched alkanes of at least 4 members (excludes halogenated alkanes) is 10. The number of benzene rings is 3. The lowest BCUT2D eigenvalue weighted by Crippen LogP contribution is -1.97. The minimum Gasteiger partial charge on any atom is -0.494 e. The lowest BCUT2D eigenvalue weighted by atomic mass is 9.97. The summed E-state index contributed by atoms with van der Waals surface area (Å²) in [6.07, 6.45) is 16.0. The zero-order valence-electron chi connectivity index (χ0n) is 22.8. The van der Waals surface area contributed by atoms with Gasteiger partial charge in [0.15, 0.2) is 11.6 Å². The quantitative estimate of drug-likeness (QED) is 0.165. The lowest BCUT2D eigenvalue weighted by Gasteiger charge is -2.11. The molecule has 3 aromatic rings. The molecule has 0 amide bonds. The Morgan fingerprint density at radius 1 is 0.514 bits per heavy atom. The zero-order chi connectivity index (χ0) is 26.3. The van der Waals surface area contributed by atoms with E-state index < -0.39 is 11.6 Å². The summed E-state index contributed by atoms with van der Waals surface area (Å²) in [4.78, 5) is 0. The smallest absolute Gasteiger partial charge is 0.167 e. The van der Waals surface area contributed by atoms with Crippen molar-refractivity contribution in [3.8, 4) is 28.0 Å². The third kappa shape index (κ3) is 9.29. The Morgan fingerprint density at radius 2 is 0.973 bits per heavy atom. The van der Waals surface area contributed by atoms with Gasteiger partial charge >= 0.3 is 0 Å². The van der Waals surface area contributed by atoms with E-state index in [0.717, 1.165) is 18.6 Å². The second-order valence-electron chi connectivity index (χ2n) is 10.1. The van der Waals surface area contributed by atoms with Crippen molar-refractivity contribution in [2.24, 2.45) is 0 Å². The Bertz CT molecular complexity index is 1040. The molecule has 0 aliphatic carbocycles. The molecule has 0 radical (unpaired) electrons. The maximum absolute atomic E-state index is 15.1. The summed E-state index contributed by atoms with van der Waals surface area (Å²) >= 11 is 0. The van der Waals surface area contributed by atoms with Crippen LogP contribution in [0, 0.1) is 11.6 Å². The average Bonchev–Trinajstić information content (AvgIpc) is 2.92. The second-order valence-corrected chi connectivity index (χ2v) is 10.1. The molecule has 0 heterocycles. The predicted molar refractivity (Wildman–Crippen MR) is 153 cm³/mol. The van der Waals surface area contributed by atoms with E-state index in [2.05, 4.69) is 13.8 Å². The highest BCUT2D eigenvalue weighted by atomic mass is 19.2. The van der Waals surface area contributed by atoms with Crippen LogP contribution in [-0.2, 0) is 6.42 Å². The predicted octanol–water partition coefficient (Wildman–Crippen LogP) is 10.9. The number of aryl methyl sites for hydroxylation is 1. The molecule has 200 valence electrons. The molecule has 0 atom stereocenters. The minimum atomic E-state index is -0.811. The molecule has 3 rings (SSSR count). The fraction of sp³-hybridized carbons (Fsp3) is 0.471. The Balaban J connectivity index is 1.55. The van der Waals surface area contributed by atoms with Crippen molar-refractivity contribution in [1.82, 2.24) is 0 Å². The molecule has 37 heavy (non-hydrogen) atoms. The van der Waals surface area contributed by atoms with E-state index in [4.69, 9.17) is 4.74 Å². The van der Waals surface area contributed by atoms with E-state index in [1.807, 2.05) is 36.4 Å². The van der Waals surface area contributed by atoms with Crippen LogP contribution in [0.3, 0.4) is 0 Å². The lowest BCUT2D eigenvalue weighted by molar-refractivity contribution is 0.304. The van der Waals surface area contributed by atoms with Gasteiger partial charge in [-0.2, -0.15) is 0 Å². The standard InChI is InChI=1S/C34H44F2O/c1-3-5-7-9-10-11-13-15-27-16-18-28(19-17-27)31-24-25-32(34(36)33(31)35)29-20-22-30(23-21-29)37-26-14-12-8-6-4-2/h16-25H,3-15,26H2,1-2H3. The molecule has 0 spiro atoms. The molecule has 0 aliphatic rings. The van der Waals surface area contributed by atoms with E-state index in [1.54, 1.807) is 24.3 Å². The van der Waals surface area contributed by atoms with E-state index in [1.165, 1.54) is 76.2 Å². The van der Waals surface area contributed by atoms with Gasteiger partial charge in [0.1, 0.15) is 5.75 Å². The van der Waals surface area contributed by atoms with E-state index in [-0.39, 0.29) is 5.56 Å². The molecule has 0 N–H and O–H groups in total.